The summed E-state index contributed by atoms with van der Waals surface area (Å²) in [7, 11) is 0. The number of fused-ring (bicyclic) bond motifs is 1. The van der Waals surface area contributed by atoms with E-state index < -0.39 is 23.4 Å². The summed E-state index contributed by atoms with van der Waals surface area (Å²) >= 11 is 0. The van der Waals surface area contributed by atoms with Crippen LogP contribution in [0.3, 0.4) is 0 Å². The van der Waals surface area contributed by atoms with Crippen molar-refractivity contribution in [1.82, 2.24) is 20.1 Å². The molecule has 2 aromatic carbocycles. The van der Waals surface area contributed by atoms with Crippen LogP contribution in [-0.4, -0.2) is 50.7 Å². The third-order valence-electron chi connectivity index (χ3n) is 6.10. The summed E-state index contributed by atoms with van der Waals surface area (Å²) in [6, 6.07) is 17.6. The van der Waals surface area contributed by atoms with Crippen LogP contribution in [0.4, 0.5) is 15.3 Å². The van der Waals surface area contributed by atoms with Crippen LogP contribution in [0, 0.1) is 6.92 Å². The lowest BCUT2D eigenvalue weighted by Gasteiger charge is -2.24. The molecule has 1 unspecified atom stereocenters. The summed E-state index contributed by atoms with van der Waals surface area (Å²) in [4.78, 5) is 29.7. The first-order valence-electron chi connectivity index (χ1n) is 13.7. The predicted octanol–water partition coefficient (Wildman–Crippen LogP) is 6.74. The van der Waals surface area contributed by atoms with Crippen LogP contribution in [0.2, 0.25) is 0 Å². The van der Waals surface area contributed by atoms with Gasteiger partial charge >= 0.3 is 12.2 Å². The van der Waals surface area contributed by atoms with Crippen LogP contribution >= 0.6 is 0 Å². The lowest BCUT2D eigenvalue weighted by atomic mass is 10.0. The normalized spacial score (nSPS) is 12.6. The van der Waals surface area contributed by atoms with Gasteiger partial charge in [0.15, 0.2) is 0 Å². The summed E-state index contributed by atoms with van der Waals surface area (Å²) in [5.74, 6) is 0. The summed E-state index contributed by atoms with van der Waals surface area (Å²) < 4.78 is 12.3. The Morgan fingerprint density at radius 3 is 2.29 bits per heavy atom. The van der Waals surface area contributed by atoms with Gasteiger partial charge < -0.3 is 20.1 Å². The van der Waals surface area contributed by atoms with Crippen molar-refractivity contribution in [2.45, 2.75) is 72.1 Å². The lowest BCUT2D eigenvalue weighted by molar-refractivity contribution is 0.0501. The number of pyridine rings is 1. The van der Waals surface area contributed by atoms with Gasteiger partial charge in [-0.3, -0.25) is 4.98 Å². The Kier molecular flexibility index (Phi) is 8.66. The number of nitrogens with zero attached hydrogens (tertiary/aromatic N) is 3. The van der Waals surface area contributed by atoms with Gasteiger partial charge in [-0.25, -0.2) is 9.59 Å². The van der Waals surface area contributed by atoms with Crippen molar-refractivity contribution in [3.8, 4) is 11.1 Å². The minimum atomic E-state index is -0.620. The van der Waals surface area contributed by atoms with Crippen LogP contribution in [-0.2, 0) is 15.9 Å². The number of rotatable bonds is 7. The highest BCUT2D eigenvalue weighted by atomic mass is 16.6. The number of anilines is 1. The second-order valence-electron chi connectivity index (χ2n) is 12.1. The third kappa shape index (κ3) is 8.30. The van der Waals surface area contributed by atoms with E-state index in [1.54, 1.807) is 12.4 Å². The topological polar surface area (TPSA) is 107 Å². The number of amides is 1. The van der Waals surface area contributed by atoms with E-state index >= 15 is 0 Å². The van der Waals surface area contributed by atoms with Crippen LogP contribution < -0.4 is 10.6 Å². The van der Waals surface area contributed by atoms with Gasteiger partial charge in [0.05, 0.1) is 22.9 Å². The summed E-state index contributed by atoms with van der Waals surface area (Å²) in [6.45, 7) is 13.3. The smallest absolute Gasteiger partial charge is 0.435 e. The Bertz CT molecular complexity index is 1520. The van der Waals surface area contributed by atoms with Gasteiger partial charge in [-0.2, -0.15) is 9.78 Å². The Morgan fingerprint density at radius 1 is 0.902 bits per heavy atom. The molecule has 0 spiro atoms. The predicted molar refractivity (Wildman–Crippen MR) is 161 cm³/mol. The Balaban J connectivity index is 1.52. The molecule has 41 heavy (non-hydrogen) atoms. The molecule has 1 amide bonds. The SMILES string of the molecule is Cc1nn(C(=O)OC(C)(C)C)c2ccc(-c3cncc(NCC(Cc4ccccc4)NC(=O)OC(C)(C)C)c3)cc12. The van der Waals surface area contributed by atoms with Crippen LogP contribution in [0.1, 0.15) is 52.8 Å². The minimum Gasteiger partial charge on any atom is -0.444 e. The molecule has 2 aromatic heterocycles. The van der Waals surface area contributed by atoms with E-state index in [0.29, 0.717) is 18.5 Å². The average molecular weight is 558 g/mol. The fraction of sp³-hybridized carbons (Fsp3) is 0.375. The van der Waals surface area contributed by atoms with Crippen molar-refractivity contribution < 1.29 is 19.1 Å². The number of hydrogen-bond acceptors (Lipinski definition) is 7. The zero-order chi connectivity index (χ0) is 29.8. The van der Waals surface area contributed by atoms with Gasteiger partial charge in [0.1, 0.15) is 11.2 Å². The van der Waals surface area contributed by atoms with Crippen molar-refractivity contribution in [2.75, 3.05) is 11.9 Å². The van der Waals surface area contributed by atoms with E-state index in [0.717, 1.165) is 33.5 Å². The van der Waals surface area contributed by atoms with E-state index in [-0.39, 0.29) is 6.04 Å². The second kappa shape index (κ2) is 12.0. The van der Waals surface area contributed by atoms with Crippen molar-refractivity contribution in [1.29, 1.82) is 0 Å². The molecule has 0 radical (unpaired) electrons. The van der Waals surface area contributed by atoms with Crippen LogP contribution in [0.25, 0.3) is 22.0 Å². The van der Waals surface area contributed by atoms with E-state index in [1.807, 2.05) is 103 Å². The van der Waals surface area contributed by atoms with E-state index in [9.17, 15) is 9.59 Å². The summed E-state index contributed by atoms with van der Waals surface area (Å²) in [5, 5.41) is 11.7. The van der Waals surface area contributed by atoms with E-state index in [4.69, 9.17) is 9.47 Å². The van der Waals surface area contributed by atoms with Crippen molar-refractivity contribution in [3.05, 3.63) is 78.2 Å². The molecule has 0 bridgehead atoms. The maximum Gasteiger partial charge on any atom is 0.435 e. The first-order chi connectivity index (χ1) is 19.3. The summed E-state index contributed by atoms with van der Waals surface area (Å²) in [5.41, 5.74) is 3.97. The Hall–Kier alpha value is -4.40. The first kappa shape index (κ1) is 29.6. The molecule has 0 aliphatic rings. The Labute approximate surface area is 241 Å². The van der Waals surface area contributed by atoms with Crippen molar-refractivity contribution in [2.24, 2.45) is 0 Å². The van der Waals surface area contributed by atoms with E-state index in [1.165, 1.54) is 4.68 Å². The van der Waals surface area contributed by atoms with Gasteiger partial charge in [-0.05, 0) is 84.2 Å². The fourth-order valence-corrected chi connectivity index (χ4v) is 4.37. The maximum absolute atomic E-state index is 12.7. The van der Waals surface area contributed by atoms with Crippen molar-refractivity contribution >= 4 is 28.8 Å². The molecule has 9 heteroatoms. The third-order valence-corrected chi connectivity index (χ3v) is 6.10. The fourth-order valence-electron chi connectivity index (χ4n) is 4.37. The average Bonchev–Trinajstić information content (AvgIpc) is 3.22. The first-order valence-corrected chi connectivity index (χ1v) is 13.7. The highest BCUT2D eigenvalue weighted by molar-refractivity contribution is 5.92. The largest absolute Gasteiger partial charge is 0.444 e. The number of aryl methyl sites for hydroxylation is 1. The van der Waals surface area contributed by atoms with Crippen molar-refractivity contribution in [3.63, 3.8) is 0 Å². The quantitative estimate of drug-likeness (QED) is 0.259. The Morgan fingerprint density at radius 2 is 1.61 bits per heavy atom. The molecule has 0 saturated carbocycles. The number of alkyl carbamates (subject to hydrolysis) is 1. The van der Waals surface area contributed by atoms with Gasteiger partial charge in [-0.15, -0.1) is 0 Å². The van der Waals surface area contributed by atoms with Crippen LogP contribution in [0.5, 0.6) is 0 Å². The molecule has 4 aromatic rings. The molecule has 9 nitrogen and oxygen atoms in total. The highest BCUT2D eigenvalue weighted by Crippen LogP contribution is 2.28. The number of benzene rings is 2. The number of ether oxygens (including phenoxy) is 2. The number of aromatic nitrogens is 3. The number of carbonyl (C=O) groups excluding carboxylic acids is 2. The van der Waals surface area contributed by atoms with Crippen LogP contribution in [0.15, 0.2) is 67.0 Å². The number of carbonyl (C=O) groups is 2. The molecule has 2 N–H and O–H groups in total. The standard InChI is InChI=1S/C32H39N5O4/c1-21-27-17-23(13-14-28(27)37(36-21)30(39)41-32(5,6)7)24-16-25(19-33-18-24)34-20-26(15-22-11-9-8-10-12-22)35-29(38)40-31(2,3)4/h8-14,16-19,26,34H,15,20H2,1-7H3,(H,35,38). The number of nitrogens with one attached hydrogen (secondary N) is 2. The van der Waals surface area contributed by atoms with E-state index in [2.05, 4.69) is 20.7 Å². The molecule has 1 atom stereocenters. The van der Waals surface area contributed by atoms with Gasteiger partial charge in [0.2, 0.25) is 0 Å². The molecule has 0 saturated heterocycles. The van der Waals surface area contributed by atoms with Gasteiger partial charge in [0, 0.05) is 29.9 Å². The molecular formula is C32H39N5O4. The van der Waals surface area contributed by atoms with Gasteiger partial charge in [-0.1, -0.05) is 36.4 Å². The molecule has 216 valence electrons. The lowest BCUT2D eigenvalue weighted by Crippen LogP contribution is -2.43. The molecule has 2 heterocycles. The number of hydrogen-bond donors (Lipinski definition) is 2. The monoisotopic (exact) mass is 557 g/mol. The molecule has 4 rings (SSSR count). The summed E-state index contributed by atoms with van der Waals surface area (Å²) in [6.07, 6.45) is 3.21. The zero-order valence-electron chi connectivity index (χ0n) is 24.8. The minimum absolute atomic E-state index is 0.214. The molecule has 0 aliphatic heterocycles. The molecule has 0 aliphatic carbocycles. The van der Waals surface area contributed by atoms with Gasteiger partial charge in [0.25, 0.3) is 0 Å². The highest BCUT2D eigenvalue weighted by Gasteiger charge is 2.22. The maximum atomic E-state index is 12.7. The molecule has 0 fully saturated rings. The second-order valence-corrected chi connectivity index (χ2v) is 12.1. The molecular weight excluding hydrogens is 518 g/mol. The zero-order valence-corrected chi connectivity index (χ0v) is 24.8.